The minimum Gasteiger partial charge on any atom is -0.493 e. The maximum atomic E-state index is 9.85. The Morgan fingerprint density at radius 3 is 2.68 bits per heavy atom. The van der Waals surface area contributed by atoms with Gasteiger partial charge in [0.05, 0.1) is 18.4 Å². The normalized spacial score (nSPS) is 10.7. The molecule has 5 aromatic rings. The van der Waals surface area contributed by atoms with E-state index in [2.05, 4.69) is 50.9 Å². The highest BCUT2D eigenvalue weighted by Crippen LogP contribution is 2.38. The molecule has 2 heterocycles. The third kappa shape index (κ3) is 5.61. The van der Waals surface area contributed by atoms with E-state index in [1.165, 1.54) is 5.56 Å². The van der Waals surface area contributed by atoms with Gasteiger partial charge in [-0.1, -0.05) is 42.5 Å². The largest absolute Gasteiger partial charge is 0.493 e. The third-order valence-electron chi connectivity index (χ3n) is 6.37. The highest BCUT2D eigenvalue weighted by molar-refractivity contribution is 5.96. The highest BCUT2D eigenvalue weighted by atomic mass is 16.5. The quantitative estimate of drug-likeness (QED) is 0.190. The number of hydrogen-bond donors (Lipinski definition) is 3. The van der Waals surface area contributed by atoms with Gasteiger partial charge >= 0.3 is 0 Å². The lowest BCUT2D eigenvalue weighted by atomic mass is 10.0. The second-order valence-corrected chi connectivity index (χ2v) is 8.79. The van der Waals surface area contributed by atoms with Crippen LogP contribution in [0.2, 0.25) is 0 Å². The number of ether oxygens (including phenoxy) is 2. The Hall–Kier alpha value is -4.80. The Kier molecular flexibility index (Phi) is 7.83. The molecule has 7 heteroatoms. The zero-order valence-electron chi connectivity index (χ0n) is 21.2. The summed E-state index contributed by atoms with van der Waals surface area (Å²) in [7, 11) is 1.63. The number of rotatable bonds is 11. The molecule has 0 saturated carbocycles. The van der Waals surface area contributed by atoms with Gasteiger partial charge in [-0.15, -0.1) is 0 Å². The maximum Gasteiger partial charge on any atom is 0.161 e. The number of fused-ring (bicyclic) bond motifs is 1. The van der Waals surface area contributed by atoms with Gasteiger partial charge in [0.15, 0.2) is 11.5 Å². The van der Waals surface area contributed by atoms with Crippen molar-refractivity contribution in [3.05, 3.63) is 103 Å². The van der Waals surface area contributed by atoms with E-state index in [9.17, 15) is 5.26 Å². The summed E-state index contributed by atoms with van der Waals surface area (Å²) in [6.45, 7) is 2.07. The number of H-pyrrole nitrogens is 1. The van der Waals surface area contributed by atoms with E-state index < -0.39 is 0 Å². The fraction of sp³-hybridized carbons (Fsp3) is 0.161. The molecule has 0 atom stereocenters. The van der Waals surface area contributed by atoms with E-state index in [1.54, 1.807) is 19.5 Å². The van der Waals surface area contributed by atoms with Crippen LogP contribution in [0, 0.1) is 11.3 Å². The Balaban J connectivity index is 1.34. The molecule has 3 aromatic carbocycles. The topological polar surface area (TPSA) is 95.0 Å². The number of aromatic nitrogens is 2. The molecule has 0 fully saturated rings. The second kappa shape index (κ2) is 12.0. The van der Waals surface area contributed by atoms with Crippen molar-refractivity contribution in [2.45, 2.75) is 6.42 Å². The van der Waals surface area contributed by atoms with Crippen molar-refractivity contribution < 1.29 is 9.47 Å². The molecule has 0 aliphatic carbocycles. The van der Waals surface area contributed by atoms with Crippen LogP contribution < -0.4 is 20.1 Å². The fourth-order valence-corrected chi connectivity index (χ4v) is 4.42. The SMILES string of the molecule is COc1ccc(-c2cncc(C#N)c2Nc2cccc3[nH]ccc23)cc1OCCNCCc1ccccc1. The zero-order chi connectivity index (χ0) is 26.2. The molecule has 5 rings (SSSR count). The van der Waals surface area contributed by atoms with E-state index in [4.69, 9.17) is 9.47 Å². The molecular weight excluding hydrogens is 474 g/mol. The lowest BCUT2D eigenvalue weighted by molar-refractivity contribution is 0.293. The molecule has 38 heavy (non-hydrogen) atoms. The van der Waals surface area contributed by atoms with Crippen LogP contribution in [0.5, 0.6) is 11.5 Å². The minimum atomic E-state index is 0.455. The summed E-state index contributed by atoms with van der Waals surface area (Å²) in [6, 6.07) is 26.4. The first-order chi connectivity index (χ1) is 18.8. The number of nitrogens with one attached hydrogen (secondary N) is 3. The summed E-state index contributed by atoms with van der Waals surface area (Å²) in [4.78, 5) is 7.56. The highest BCUT2D eigenvalue weighted by Gasteiger charge is 2.15. The van der Waals surface area contributed by atoms with Gasteiger partial charge in [0, 0.05) is 47.3 Å². The Morgan fingerprint density at radius 1 is 0.947 bits per heavy atom. The summed E-state index contributed by atoms with van der Waals surface area (Å²) in [5.74, 6) is 1.28. The van der Waals surface area contributed by atoms with Crippen molar-refractivity contribution in [2.24, 2.45) is 0 Å². The van der Waals surface area contributed by atoms with Gasteiger partial charge in [-0.3, -0.25) is 4.98 Å². The summed E-state index contributed by atoms with van der Waals surface area (Å²) < 4.78 is 11.7. The Bertz CT molecular complexity index is 1560. The van der Waals surface area contributed by atoms with Gasteiger partial charge in [0.1, 0.15) is 12.7 Å². The van der Waals surface area contributed by atoms with Crippen LogP contribution in [-0.2, 0) is 6.42 Å². The van der Waals surface area contributed by atoms with Gasteiger partial charge in [-0.2, -0.15) is 5.26 Å². The average molecular weight is 504 g/mol. The number of anilines is 2. The van der Waals surface area contributed by atoms with Crippen molar-refractivity contribution in [3.63, 3.8) is 0 Å². The predicted octanol–water partition coefficient (Wildman–Crippen LogP) is 6.06. The first-order valence-corrected chi connectivity index (χ1v) is 12.5. The lowest BCUT2D eigenvalue weighted by Crippen LogP contribution is -2.23. The van der Waals surface area contributed by atoms with Crippen molar-refractivity contribution in [1.82, 2.24) is 15.3 Å². The first kappa shape index (κ1) is 24.9. The van der Waals surface area contributed by atoms with E-state index >= 15 is 0 Å². The van der Waals surface area contributed by atoms with E-state index in [0.717, 1.165) is 40.7 Å². The molecule has 0 radical (unpaired) electrons. The summed E-state index contributed by atoms with van der Waals surface area (Å²) in [6.07, 6.45) is 6.20. The summed E-state index contributed by atoms with van der Waals surface area (Å²) in [5.41, 5.74) is 6.03. The predicted molar refractivity (Wildman–Crippen MR) is 151 cm³/mol. The van der Waals surface area contributed by atoms with Crippen LogP contribution >= 0.6 is 0 Å². The minimum absolute atomic E-state index is 0.455. The molecule has 0 bridgehead atoms. The molecule has 7 nitrogen and oxygen atoms in total. The van der Waals surface area contributed by atoms with E-state index in [1.807, 2.05) is 54.7 Å². The number of pyridine rings is 1. The number of methoxy groups -OCH3 is 1. The molecular formula is C31H29N5O2. The average Bonchev–Trinajstić information content (AvgIpc) is 3.45. The van der Waals surface area contributed by atoms with Crippen LogP contribution in [0.4, 0.5) is 11.4 Å². The second-order valence-electron chi connectivity index (χ2n) is 8.79. The van der Waals surface area contributed by atoms with Crippen LogP contribution in [-0.4, -0.2) is 36.8 Å². The smallest absolute Gasteiger partial charge is 0.161 e. The van der Waals surface area contributed by atoms with Gasteiger partial charge in [0.25, 0.3) is 0 Å². The van der Waals surface area contributed by atoms with Crippen molar-refractivity contribution in [3.8, 4) is 28.7 Å². The van der Waals surface area contributed by atoms with Crippen LogP contribution in [0.25, 0.3) is 22.0 Å². The third-order valence-corrected chi connectivity index (χ3v) is 6.37. The van der Waals surface area contributed by atoms with Crippen LogP contribution in [0.3, 0.4) is 0 Å². The summed E-state index contributed by atoms with van der Waals surface area (Å²) in [5, 5.41) is 17.8. The Labute approximate surface area is 222 Å². The van der Waals surface area contributed by atoms with Gasteiger partial charge in [-0.25, -0.2) is 0 Å². The number of nitriles is 1. The first-order valence-electron chi connectivity index (χ1n) is 12.5. The molecule has 0 unspecified atom stereocenters. The molecule has 0 aliphatic rings. The van der Waals surface area contributed by atoms with Gasteiger partial charge < -0.3 is 25.1 Å². The molecule has 190 valence electrons. The van der Waals surface area contributed by atoms with Crippen molar-refractivity contribution >= 4 is 22.3 Å². The van der Waals surface area contributed by atoms with E-state index in [-0.39, 0.29) is 0 Å². The van der Waals surface area contributed by atoms with E-state index in [0.29, 0.717) is 35.9 Å². The number of nitrogens with zero attached hydrogens (tertiary/aromatic N) is 2. The molecule has 0 aliphatic heterocycles. The van der Waals surface area contributed by atoms with Crippen molar-refractivity contribution in [2.75, 3.05) is 32.1 Å². The maximum absolute atomic E-state index is 9.85. The molecule has 2 aromatic heterocycles. The van der Waals surface area contributed by atoms with Crippen molar-refractivity contribution in [1.29, 1.82) is 5.26 Å². The molecule has 3 N–H and O–H groups in total. The fourth-order valence-electron chi connectivity index (χ4n) is 4.42. The molecule has 0 amide bonds. The summed E-state index contributed by atoms with van der Waals surface area (Å²) >= 11 is 0. The number of benzene rings is 3. The Morgan fingerprint density at radius 2 is 1.84 bits per heavy atom. The molecule has 0 spiro atoms. The monoisotopic (exact) mass is 503 g/mol. The zero-order valence-corrected chi connectivity index (χ0v) is 21.2. The standard InChI is InChI=1S/C31H29N5O2/c1-37-29-11-10-23(18-30(29)38-17-16-33-14-12-22-6-3-2-4-7-22)26-21-34-20-24(19-32)31(26)36-28-9-5-8-27-25(28)13-15-35-27/h2-11,13,15,18,20-21,33,35H,12,14,16-17H2,1H3,(H,34,36). The number of hydrogen-bond acceptors (Lipinski definition) is 6. The van der Waals surface area contributed by atoms with Gasteiger partial charge in [0.2, 0.25) is 0 Å². The van der Waals surface area contributed by atoms with Gasteiger partial charge in [-0.05, 0) is 54.4 Å². The lowest BCUT2D eigenvalue weighted by Gasteiger charge is -2.16. The molecule has 0 saturated heterocycles. The van der Waals surface area contributed by atoms with Crippen LogP contribution in [0.1, 0.15) is 11.1 Å². The van der Waals surface area contributed by atoms with Crippen LogP contribution in [0.15, 0.2) is 91.4 Å². The number of aromatic amines is 1.